The number of benzene rings is 1. The number of nitrogen functional groups attached to an aromatic ring is 1. The van der Waals surface area contributed by atoms with Crippen molar-refractivity contribution in [2.24, 2.45) is 0 Å². The lowest BCUT2D eigenvalue weighted by Gasteiger charge is -2.32. The molecule has 0 atom stereocenters. The zero-order valence-electron chi connectivity index (χ0n) is 14.7. The molecule has 0 spiro atoms. The maximum atomic E-state index is 12.5. The Morgan fingerprint density at radius 3 is 2.38 bits per heavy atom. The Balaban J connectivity index is 1.57. The number of nitrogens with two attached hydrogens (primary N) is 1. The van der Waals surface area contributed by atoms with Gasteiger partial charge in [0.1, 0.15) is 0 Å². The zero-order chi connectivity index (χ0) is 18.5. The molecule has 2 aromatic rings. The number of hydrogen-bond acceptors (Lipinski definition) is 6. The van der Waals surface area contributed by atoms with Gasteiger partial charge >= 0.3 is 0 Å². The lowest BCUT2D eigenvalue weighted by atomic mass is 10.1. The molecule has 1 saturated heterocycles. The summed E-state index contributed by atoms with van der Waals surface area (Å²) in [4.78, 5) is 36.5. The predicted octanol–water partition coefficient (Wildman–Crippen LogP) is 0.376. The Kier molecular flexibility index (Phi) is 5.43. The third kappa shape index (κ3) is 4.15. The summed E-state index contributed by atoms with van der Waals surface area (Å²) in [6.07, 6.45) is 2.85. The van der Waals surface area contributed by atoms with E-state index < -0.39 is 0 Å². The van der Waals surface area contributed by atoms with E-state index >= 15 is 0 Å². The van der Waals surface area contributed by atoms with Gasteiger partial charge in [0.25, 0.3) is 11.8 Å². The number of aromatic nitrogens is 2. The van der Waals surface area contributed by atoms with Gasteiger partial charge in [0.2, 0.25) is 0 Å². The molecule has 3 rings (SSSR count). The van der Waals surface area contributed by atoms with Crippen LogP contribution in [-0.4, -0.2) is 64.8 Å². The van der Waals surface area contributed by atoms with Gasteiger partial charge in [-0.05, 0) is 24.7 Å². The summed E-state index contributed by atoms with van der Waals surface area (Å²) in [5, 5.41) is 2.75. The van der Waals surface area contributed by atoms with Crippen LogP contribution >= 0.6 is 0 Å². The van der Waals surface area contributed by atoms with E-state index in [1.54, 1.807) is 12.1 Å². The molecule has 26 heavy (non-hydrogen) atoms. The fourth-order valence-electron chi connectivity index (χ4n) is 2.75. The summed E-state index contributed by atoms with van der Waals surface area (Å²) >= 11 is 0. The Bertz CT molecular complexity index is 785. The lowest BCUT2D eigenvalue weighted by Crippen LogP contribution is -2.47. The van der Waals surface area contributed by atoms with Crippen LogP contribution < -0.4 is 11.1 Å². The molecular weight excluding hydrogens is 332 g/mol. The van der Waals surface area contributed by atoms with Crippen molar-refractivity contribution in [3.63, 3.8) is 0 Å². The normalized spacial score (nSPS) is 14.9. The van der Waals surface area contributed by atoms with Gasteiger partial charge in [0.05, 0.1) is 0 Å². The number of nitrogens with one attached hydrogen (secondary N) is 1. The number of likely N-dealkylation sites (N-methyl/N-ethyl adjacent to an activating group) is 1. The van der Waals surface area contributed by atoms with Crippen molar-refractivity contribution in [3.8, 4) is 0 Å². The van der Waals surface area contributed by atoms with E-state index in [2.05, 4.69) is 27.2 Å². The number of anilines is 1. The molecule has 2 heterocycles. The van der Waals surface area contributed by atoms with Crippen LogP contribution in [0.3, 0.4) is 0 Å². The van der Waals surface area contributed by atoms with E-state index in [1.807, 2.05) is 17.0 Å². The minimum Gasteiger partial charge on any atom is -0.382 e. The Labute approximate surface area is 152 Å². The average molecular weight is 354 g/mol. The number of nitrogens with zero attached hydrogens (tertiary/aromatic N) is 4. The highest BCUT2D eigenvalue weighted by Gasteiger charge is 2.20. The van der Waals surface area contributed by atoms with Crippen LogP contribution in [0.1, 0.15) is 26.4 Å². The molecule has 0 unspecified atom stereocenters. The number of amides is 2. The van der Waals surface area contributed by atoms with Gasteiger partial charge in [-0.1, -0.05) is 12.1 Å². The molecule has 0 aliphatic carbocycles. The third-order valence-corrected chi connectivity index (χ3v) is 4.39. The lowest BCUT2D eigenvalue weighted by molar-refractivity contribution is 0.0664. The van der Waals surface area contributed by atoms with Crippen molar-refractivity contribution in [1.29, 1.82) is 0 Å². The summed E-state index contributed by atoms with van der Waals surface area (Å²) in [5.41, 5.74) is 7.29. The molecule has 2 amide bonds. The highest BCUT2D eigenvalue weighted by atomic mass is 16.2. The fraction of sp³-hybridized carbons (Fsp3) is 0.333. The van der Waals surface area contributed by atoms with Crippen molar-refractivity contribution in [3.05, 3.63) is 53.5 Å². The van der Waals surface area contributed by atoms with Crippen molar-refractivity contribution in [2.75, 3.05) is 39.0 Å². The largest absolute Gasteiger partial charge is 0.382 e. The van der Waals surface area contributed by atoms with Gasteiger partial charge in [-0.2, -0.15) is 0 Å². The molecule has 0 saturated carbocycles. The summed E-state index contributed by atoms with van der Waals surface area (Å²) in [6, 6.07) is 7.25. The van der Waals surface area contributed by atoms with Crippen LogP contribution in [0, 0.1) is 0 Å². The second kappa shape index (κ2) is 7.92. The fourth-order valence-corrected chi connectivity index (χ4v) is 2.75. The highest BCUT2D eigenvalue weighted by molar-refractivity contribution is 5.96. The van der Waals surface area contributed by atoms with E-state index in [0.29, 0.717) is 12.1 Å². The maximum Gasteiger partial charge on any atom is 0.273 e. The van der Waals surface area contributed by atoms with E-state index in [4.69, 9.17) is 5.73 Å². The smallest absolute Gasteiger partial charge is 0.273 e. The van der Waals surface area contributed by atoms with Crippen molar-refractivity contribution < 1.29 is 9.59 Å². The van der Waals surface area contributed by atoms with Crippen molar-refractivity contribution >= 4 is 17.6 Å². The van der Waals surface area contributed by atoms with Gasteiger partial charge in [-0.25, -0.2) is 9.97 Å². The van der Waals surface area contributed by atoms with Crippen LogP contribution in [-0.2, 0) is 6.54 Å². The average Bonchev–Trinajstić information content (AvgIpc) is 2.67. The number of rotatable bonds is 4. The first-order valence-electron chi connectivity index (χ1n) is 8.46. The SMILES string of the molecule is CN1CCN(C(=O)c2ccc(CNC(=O)c3nccnc3N)cc2)CC1. The van der Waals surface area contributed by atoms with Gasteiger partial charge in [0.15, 0.2) is 11.5 Å². The second-order valence-corrected chi connectivity index (χ2v) is 6.27. The molecule has 1 fully saturated rings. The van der Waals surface area contributed by atoms with Crippen LogP contribution in [0.15, 0.2) is 36.7 Å². The molecule has 8 nitrogen and oxygen atoms in total. The van der Waals surface area contributed by atoms with Crippen LogP contribution in [0.2, 0.25) is 0 Å². The number of carbonyl (C=O) groups is 2. The van der Waals surface area contributed by atoms with Gasteiger partial charge < -0.3 is 20.9 Å². The number of hydrogen-bond donors (Lipinski definition) is 2. The third-order valence-electron chi connectivity index (χ3n) is 4.39. The second-order valence-electron chi connectivity index (χ2n) is 6.27. The molecule has 1 aliphatic rings. The van der Waals surface area contributed by atoms with Crippen LogP contribution in [0.5, 0.6) is 0 Å². The first-order valence-corrected chi connectivity index (χ1v) is 8.46. The minimum absolute atomic E-state index is 0.0426. The first-order chi connectivity index (χ1) is 12.5. The van der Waals surface area contributed by atoms with E-state index in [0.717, 1.165) is 31.7 Å². The predicted molar refractivity (Wildman–Crippen MR) is 97.5 cm³/mol. The summed E-state index contributed by atoms with van der Waals surface area (Å²) in [5.74, 6) is -0.243. The topological polar surface area (TPSA) is 104 Å². The van der Waals surface area contributed by atoms with Crippen LogP contribution in [0.25, 0.3) is 0 Å². The Hall–Kier alpha value is -3.00. The monoisotopic (exact) mass is 354 g/mol. The standard InChI is InChI=1S/C18H22N6O2/c1-23-8-10-24(11-9-23)18(26)14-4-2-13(3-5-14)12-22-17(25)15-16(19)21-7-6-20-15/h2-7H,8-12H2,1H3,(H2,19,21)(H,22,25). The zero-order valence-corrected chi connectivity index (χ0v) is 14.7. The molecule has 1 aromatic heterocycles. The molecule has 1 aromatic carbocycles. The number of piperazine rings is 1. The Morgan fingerprint density at radius 2 is 1.73 bits per heavy atom. The maximum absolute atomic E-state index is 12.5. The Morgan fingerprint density at radius 1 is 1.08 bits per heavy atom. The molecule has 8 heteroatoms. The van der Waals surface area contributed by atoms with E-state index in [-0.39, 0.29) is 23.3 Å². The molecule has 1 aliphatic heterocycles. The minimum atomic E-state index is -0.381. The molecule has 0 radical (unpaired) electrons. The van der Waals surface area contributed by atoms with Gasteiger partial charge in [0, 0.05) is 50.7 Å². The van der Waals surface area contributed by atoms with E-state index in [9.17, 15) is 9.59 Å². The molecular formula is C18H22N6O2. The summed E-state index contributed by atoms with van der Waals surface area (Å²) in [7, 11) is 2.06. The van der Waals surface area contributed by atoms with Crippen LogP contribution in [0.4, 0.5) is 5.82 Å². The molecule has 3 N–H and O–H groups in total. The van der Waals surface area contributed by atoms with Crippen molar-refractivity contribution in [1.82, 2.24) is 25.1 Å². The van der Waals surface area contributed by atoms with Gasteiger partial charge in [-0.15, -0.1) is 0 Å². The number of carbonyl (C=O) groups excluding carboxylic acids is 2. The first kappa shape index (κ1) is 17.8. The highest BCUT2D eigenvalue weighted by Crippen LogP contribution is 2.10. The summed E-state index contributed by atoms with van der Waals surface area (Å²) < 4.78 is 0. The summed E-state index contributed by atoms with van der Waals surface area (Å²) in [6.45, 7) is 3.58. The quantitative estimate of drug-likeness (QED) is 0.822. The molecule has 0 bridgehead atoms. The van der Waals surface area contributed by atoms with E-state index in [1.165, 1.54) is 12.4 Å². The van der Waals surface area contributed by atoms with Crippen molar-refractivity contribution in [2.45, 2.75) is 6.54 Å². The van der Waals surface area contributed by atoms with Gasteiger partial charge in [-0.3, -0.25) is 9.59 Å². The molecule has 136 valence electrons.